The zero-order valence-corrected chi connectivity index (χ0v) is 18.9. The van der Waals surface area contributed by atoms with E-state index in [9.17, 15) is 4.79 Å². The third-order valence-electron chi connectivity index (χ3n) is 5.71. The van der Waals surface area contributed by atoms with Crippen LogP contribution in [0, 0.1) is 5.82 Å². The van der Waals surface area contributed by atoms with Gasteiger partial charge in [-0.1, -0.05) is 25.6 Å². The summed E-state index contributed by atoms with van der Waals surface area (Å²) in [5, 5.41) is 0. The lowest BCUT2D eigenvalue weighted by molar-refractivity contribution is 0.0703. The highest BCUT2D eigenvalue weighted by Gasteiger charge is 2.25. The molecule has 4 N–H and O–H groups in total. The number of carbonyl (C=O) groups is 1. The molecule has 0 atom stereocenters. The number of aromatic nitrogens is 4. The average molecular weight is 460 g/mol. The Kier molecular flexibility index (Phi) is 6.53. The van der Waals surface area contributed by atoms with Gasteiger partial charge in [0.05, 0.1) is 23.5 Å². The van der Waals surface area contributed by atoms with Crippen molar-refractivity contribution >= 4 is 11.5 Å². The van der Waals surface area contributed by atoms with E-state index in [0.29, 0.717) is 54.1 Å². The molecule has 4 rings (SSSR count). The molecule has 0 radical (unpaired) electrons. The Morgan fingerprint density at radius 3 is 2.76 bits per heavy atom. The number of benzene rings is 1. The Morgan fingerprint density at radius 1 is 1.24 bits per heavy atom. The molecule has 1 aliphatic rings. The van der Waals surface area contributed by atoms with Crippen LogP contribution >= 0.6 is 0 Å². The fourth-order valence-electron chi connectivity index (χ4n) is 3.98. The van der Waals surface area contributed by atoms with Crippen LogP contribution in [0.25, 0.3) is 16.8 Å². The Balaban J connectivity index is 1.69. The van der Waals surface area contributed by atoms with Crippen LogP contribution in [0.4, 0.5) is 4.39 Å². The Labute approximate surface area is 197 Å². The van der Waals surface area contributed by atoms with Gasteiger partial charge in [-0.25, -0.2) is 19.3 Å². The summed E-state index contributed by atoms with van der Waals surface area (Å²) in [5.74, 6) is -0.214. The molecule has 1 amide bonds. The molecule has 2 aromatic heterocycles. The van der Waals surface area contributed by atoms with E-state index >= 15 is 4.39 Å². The summed E-state index contributed by atoms with van der Waals surface area (Å²) in [6.07, 6.45) is 10.4. The number of halogens is 1. The number of carbonyl (C=O) groups excluding carboxylic acids is 1. The topological polar surface area (TPSA) is 116 Å². The summed E-state index contributed by atoms with van der Waals surface area (Å²) in [4.78, 5) is 27.7. The lowest BCUT2D eigenvalue weighted by Crippen LogP contribution is -2.38. The van der Waals surface area contributed by atoms with Crippen LogP contribution in [-0.2, 0) is 19.5 Å². The van der Waals surface area contributed by atoms with Gasteiger partial charge in [0.2, 0.25) is 0 Å². The van der Waals surface area contributed by atoms with Crippen LogP contribution in [0.5, 0.6) is 0 Å². The lowest BCUT2D eigenvalue weighted by atomic mass is 9.95. The van der Waals surface area contributed by atoms with E-state index in [1.54, 1.807) is 29.3 Å². The molecule has 174 valence electrons. The maximum atomic E-state index is 15.2. The van der Waals surface area contributed by atoms with E-state index in [1.807, 2.05) is 17.7 Å². The Hall–Kier alpha value is -4.27. The molecule has 0 unspecified atom stereocenters. The largest absolute Gasteiger partial charge is 0.404 e. The summed E-state index contributed by atoms with van der Waals surface area (Å²) in [6, 6.07) is 4.50. The van der Waals surface area contributed by atoms with Crippen molar-refractivity contribution in [2.45, 2.75) is 26.4 Å². The van der Waals surface area contributed by atoms with Crippen LogP contribution in [0.1, 0.15) is 34.4 Å². The SMILES string of the molecule is C=C(N)/C=C\C(=C/N)c1c(CC)ncnc1-c1ccc(C(=O)N2CCn3ccnc3C2)c(F)c1. The maximum absolute atomic E-state index is 15.2. The van der Waals surface area contributed by atoms with Crippen molar-refractivity contribution in [2.24, 2.45) is 11.5 Å². The van der Waals surface area contributed by atoms with Gasteiger partial charge in [0.25, 0.3) is 5.91 Å². The number of hydrogen-bond acceptors (Lipinski definition) is 6. The predicted octanol–water partition coefficient (Wildman–Crippen LogP) is 3.03. The van der Waals surface area contributed by atoms with Gasteiger partial charge < -0.3 is 20.9 Å². The number of fused-ring (bicyclic) bond motifs is 1. The van der Waals surface area contributed by atoms with Crippen LogP contribution in [0.15, 0.2) is 67.5 Å². The summed E-state index contributed by atoms with van der Waals surface area (Å²) in [7, 11) is 0. The predicted molar refractivity (Wildman–Crippen MR) is 128 cm³/mol. The Morgan fingerprint density at radius 2 is 2.06 bits per heavy atom. The summed E-state index contributed by atoms with van der Waals surface area (Å²) in [6.45, 7) is 7.08. The number of nitrogens with zero attached hydrogens (tertiary/aromatic N) is 5. The molecule has 34 heavy (non-hydrogen) atoms. The summed E-state index contributed by atoms with van der Waals surface area (Å²) in [5.41, 5.74) is 15.0. The minimum atomic E-state index is -0.622. The van der Waals surface area contributed by atoms with Crippen molar-refractivity contribution < 1.29 is 9.18 Å². The van der Waals surface area contributed by atoms with Crippen LogP contribution in [-0.4, -0.2) is 36.9 Å². The van der Waals surface area contributed by atoms with Gasteiger partial charge in [-0.15, -0.1) is 0 Å². The van der Waals surface area contributed by atoms with E-state index in [4.69, 9.17) is 11.5 Å². The molecule has 9 heteroatoms. The van der Waals surface area contributed by atoms with Crippen LogP contribution < -0.4 is 11.5 Å². The first-order valence-electron chi connectivity index (χ1n) is 10.9. The fraction of sp³-hybridized carbons (Fsp3) is 0.200. The number of hydrogen-bond donors (Lipinski definition) is 2. The van der Waals surface area contributed by atoms with Crippen molar-refractivity contribution in [3.63, 3.8) is 0 Å². The number of aryl methyl sites for hydroxylation is 1. The molecule has 0 bridgehead atoms. The third-order valence-corrected chi connectivity index (χ3v) is 5.71. The summed E-state index contributed by atoms with van der Waals surface area (Å²) < 4.78 is 17.2. The van der Waals surface area contributed by atoms with Gasteiger partial charge in [-0.05, 0) is 24.6 Å². The molecule has 3 heterocycles. The van der Waals surface area contributed by atoms with Crippen molar-refractivity contribution in [1.82, 2.24) is 24.4 Å². The van der Waals surface area contributed by atoms with E-state index < -0.39 is 5.82 Å². The van der Waals surface area contributed by atoms with E-state index in [-0.39, 0.29) is 11.5 Å². The van der Waals surface area contributed by atoms with Gasteiger partial charge in [-0.2, -0.15) is 0 Å². The quantitative estimate of drug-likeness (QED) is 0.548. The standard InChI is InChI=1S/C25H26FN7O/c1-3-21-23(18(13-27)5-4-16(2)28)24(31-15-30-21)17-6-7-19(20(26)12-17)25(34)33-11-10-32-9-8-29-22(32)14-33/h4-9,12-13,15H,2-3,10-11,14,27-28H2,1H3/b5-4-,18-13+. The lowest BCUT2D eigenvalue weighted by Gasteiger charge is -2.28. The number of nitrogens with two attached hydrogens (primary N) is 2. The molecular formula is C25H26FN7O. The molecule has 1 aliphatic heterocycles. The smallest absolute Gasteiger partial charge is 0.257 e. The molecule has 1 aromatic carbocycles. The molecule has 0 saturated heterocycles. The first-order chi connectivity index (χ1) is 16.4. The highest BCUT2D eigenvalue weighted by atomic mass is 19.1. The molecule has 0 fully saturated rings. The first kappa shape index (κ1) is 22.9. The van der Waals surface area contributed by atoms with Crippen molar-refractivity contribution in [1.29, 1.82) is 0 Å². The van der Waals surface area contributed by atoms with Gasteiger partial charge in [0, 0.05) is 54.1 Å². The first-order valence-corrected chi connectivity index (χ1v) is 10.9. The van der Waals surface area contributed by atoms with Crippen molar-refractivity contribution in [2.75, 3.05) is 6.54 Å². The minimum absolute atomic E-state index is 0.00370. The minimum Gasteiger partial charge on any atom is -0.404 e. The van der Waals surface area contributed by atoms with Gasteiger partial charge in [-0.3, -0.25) is 4.79 Å². The molecule has 0 saturated carbocycles. The summed E-state index contributed by atoms with van der Waals surface area (Å²) >= 11 is 0. The molecular weight excluding hydrogens is 433 g/mol. The number of amides is 1. The number of imidazole rings is 1. The fourth-order valence-corrected chi connectivity index (χ4v) is 3.98. The molecule has 8 nitrogen and oxygen atoms in total. The highest BCUT2D eigenvalue weighted by Crippen LogP contribution is 2.31. The third kappa shape index (κ3) is 4.45. The molecule has 3 aromatic rings. The van der Waals surface area contributed by atoms with E-state index in [0.717, 1.165) is 11.5 Å². The van der Waals surface area contributed by atoms with E-state index in [1.165, 1.54) is 24.7 Å². The zero-order valence-electron chi connectivity index (χ0n) is 18.9. The second-order valence-corrected chi connectivity index (χ2v) is 7.89. The van der Waals surface area contributed by atoms with Gasteiger partial charge in [0.15, 0.2) is 0 Å². The van der Waals surface area contributed by atoms with Crippen molar-refractivity contribution in [3.05, 3.63) is 96.0 Å². The van der Waals surface area contributed by atoms with Crippen molar-refractivity contribution in [3.8, 4) is 11.3 Å². The maximum Gasteiger partial charge on any atom is 0.257 e. The average Bonchev–Trinajstić information content (AvgIpc) is 3.31. The number of allylic oxidation sites excluding steroid dienone is 3. The number of rotatable bonds is 6. The monoisotopic (exact) mass is 459 g/mol. The second kappa shape index (κ2) is 9.70. The van der Waals surface area contributed by atoms with Gasteiger partial charge in [0.1, 0.15) is 18.0 Å². The molecule has 0 spiro atoms. The van der Waals surface area contributed by atoms with Crippen LogP contribution in [0.2, 0.25) is 0 Å². The van der Waals surface area contributed by atoms with Gasteiger partial charge >= 0.3 is 0 Å². The zero-order chi connectivity index (χ0) is 24.2. The second-order valence-electron chi connectivity index (χ2n) is 7.89. The van der Waals surface area contributed by atoms with Crippen LogP contribution in [0.3, 0.4) is 0 Å². The highest BCUT2D eigenvalue weighted by molar-refractivity contribution is 5.95. The normalized spacial score (nSPS) is 13.8. The molecule has 0 aliphatic carbocycles. The Bertz CT molecular complexity index is 1310. The van der Waals surface area contributed by atoms with E-state index in [2.05, 4.69) is 21.5 Å².